The highest BCUT2D eigenvalue weighted by Gasteiger charge is 2.44. The van der Waals surface area contributed by atoms with Crippen molar-refractivity contribution < 1.29 is 9.53 Å². The summed E-state index contributed by atoms with van der Waals surface area (Å²) in [7, 11) is 1.61. The van der Waals surface area contributed by atoms with Gasteiger partial charge in [0.1, 0.15) is 0 Å². The molecule has 0 aromatic heterocycles. The van der Waals surface area contributed by atoms with Crippen LogP contribution < -0.4 is 0 Å². The van der Waals surface area contributed by atoms with Crippen molar-refractivity contribution in [2.75, 3.05) is 7.11 Å². The lowest BCUT2D eigenvalue weighted by Crippen LogP contribution is -2.35. The first-order chi connectivity index (χ1) is 11.2. The molecule has 0 bridgehead atoms. The zero-order chi connectivity index (χ0) is 16.1. The molecule has 116 valence electrons. The van der Waals surface area contributed by atoms with Gasteiger partial charge in [-0.05, 0) is 29.2 Å². The van der Waals surface area contributed by atoms with E-state index in [9.17, 15) is 4.79 Å². The lowest BCUT2D eigenvalue weighted by Gasteiger charge is -2.24. The Morgan fingerprint density at radius 1 is 0.913 bits per heavy atom. The first-order valence-corrected chi connectivity index (χ1v) is 7.83. The molecule has 2 aromatic carbocycles. The fourth-order valence-electron chi connectivity index (χ4n) is 3.02. The predicted molar refractivity (Wildman–Crippen MR) is 93.9 cm³/mol. The van der Waals surface area contributed by atoms with E-state index in [-0.39, 0.29) is 5.78 Å². The Kier molecular flexibility index (Phi) is 4.54. The Balaban J connectivity index is 1.98. The van der Waals surface area contributed by atoms with Crippen LogP contribution in [-0.4, -0.2) is 18.5 Å². The summed E-state index contributed by atoms with van der Waals surface area (Å²) in [5.74, 6) is 0.120. The number of methoxy groups -OCH3 is 1. The molecule has 23 heavy (non-hydrogen) atoms. The topological polar surface area (TPSA) is 26.3 Å². The van der Waals surface area contributed by atoms with Crippen molar-refractivity contribution in [1.82, 2.24) is 0 Å². The molecule has 3 rings (SSSR count). The third-order valence-corrected chi connectivity index (χ3v) is 4.29. The number of hydrogen-bond donors (Lipinski definition) is 0. The summed E-state index contributed by atoms with van der Waals surface area (Å²) in [4.78, 5) is 12.5. The largest absolute Gasteiger partial charge is 0.362 e. The molecule has 1 atom stereocenters. The number of carbonyl (C=O) groups excluding carboxylic acids is 1. The second-order valence-electron chi connectivity index (χ2n) is 5.69. The maximum Gasteiger partial charge on any atom is 0.173 e. The molecular formula is C21H20O2. The SMILES string of the molecule is CO[C@@]1(/C=C/c2ccccc2)C(=O)CC/C1=C\c1ccccc1. The van der Waals surface area contributed by atoms with Gasteiger partial charge in [0.25, 0.3) is 0 Å². The number of rotatable bonds is 4. The Hall–Kier alpha value is -2.45. The predicted octanol–water partition coefficient (Wildman–Crippen LogP) is 4.53. The minimum Gasteiger partial charge on any atom is -0.362 e. The van der Waals surface area contributed by atoms with Crippen LogP contribution in [0.2, 0.25) is 0 Å². The van der Waals surface area contributed by atoms with Crippen molar-refractivity contribution in [3.63, 3.8) is 0 Å². The summed E-state index contributed by atoms with van der Waals surface area (Å²) in [5, 5.41) is 0. The first-order valence-electron chi connectivity index (χ1n) is 7.83. The van der Waals surface area contributed by atoms with Crippen LogP contribution in [0.4, 0.5) is 0 Å². The molecule has 0 N–H and O–H groups in total. The van der Waals surface area contributed by atoms with Crippen LogP contribution in [-0.2, 0) is 9.53 Å². The molecular weight excluding hydrogens is 284 g/mol. The highest BCUT2D eigenvalue weighted by molar-refractivity contribution is 5.98. The van der Waals surface area contributed by atoms with Gasteiger partial charge in [0, 0.05) is 13.5 Å². The summed E-state index contributed by atoms with van der Waals surface area (Å²) < 4.78 is 5.71. The first kappa shape index (κ1) is 15.4. The van der Waals surface area contributed by atoms with Crippen LogP contribution in [0.25, 0.3) is 12.2 Å². The lowest BCUT2D eigenvalue weighted by atomic mass is 9.92. The van der Waals surface area contributed by atoms with Gasteiger partial charge in [-0.2, -0.15) is 0 Å². The Labute approximate surface area is 137 Å². The summed E-state index contributed by atoms with van der Waals surface area (Å²) in [6, 6.07) is 20.0. The van der Waals surface area contributed by atoms with Gasteiger partial charge in [0.2, 0.25) is 0 Å². The quantitative estimate of drug-likeness (QED) is 0.829. The standard InChI is InChI=1S/C21H20O2/c1-23-21(15-14-17-8-4-2-5-9-17)19(12-13-20(21)22)16-18-10-6-3-7-11-18/h2-11,14-16H,12-13H2,1H3/b15-14+,19-16+/t21-/m1/s1. The minimum atomic E-state index is -0.939. The van der Waals surface area contributed by atoms with E-state index in [2.05, 4.69) is 6.08 Å². The molecule has 1 fully saturated rings. The fourth-order valence-corrected chi connectivity index (χ4v) is 3.02. The van der Waals surface area contributed by atoms with Gasteiger partial charge in [-0.15, -0.1) is 0 Å². The third-order valence-electron chi connectivity index (χ3n) is 4.29. The maximum absolute atomic E-state index is 12.5. The molecule has 2 heteroatoms. The van der Waals surface area contributed by atoms with Gasteiger partial charge < -0.3 is 4.74 Å². The van der Waals surface area contributed by atoms with Gasteiger partial charge >= 0.3 is 0 Å². The molecule has 0 unspecified atom stereocenters. The second-order valence-corrected chi connectivity index (χ2v) is 5.69. The Morgan fingerprint density at radius 2 is 1.52 bits per heavy atom. The minimum absolute atomic E-state index is 0.120. The lowest BCUT2D eigenvalue weighted by molar-refractivity contribution is -0.129. The summed E-state index contributed by atoms with van der Waals surface area (Å²) in [5.41, 5.74) is 2.23. The number of hydrogen-bond acceptors (Lipinski definition) is 2. The fraction of sp³-hybridized carbons (Fsp3) is 0.190. The highest BCUT2D eigenvalue weighted by Crippen LogP contribution is 2.38. The van der Waals surface area contributed by atoms with Gasteiger partial charge in [-0.1, -0.05) is 72.8 Å². The van der Waals surface area contributed by atoms with Gasteiger partial charge in [-0.25, -0.2) is 0 Å². The van der Waals surface area contributed by atoms with Crippen molar-refractivity contribution in [3.05, 3.63) is 83.4 Å². The van der Waals surface area contributed by atoms with E-state index in [0.29, 0.717) is 6.42 Å². The molecule has 0 heterocycles. The second kappa shape index (κ2) is 6.76. The van der Waals surface area contributed by atoms with Gasteiger partial charge in [0.05, 0.1) is 0 Å². The van der Waals surface area contributed by atoms with Crippen LogP contribution in [0.5, 0.6) is 0 Å². The summed E-state index contributed by atoms with van der Waals surface area (Å²) in [6.45, 7) is 0. The molecule has 0 radical (unpaired) electrons. The average Bonchev–Trinajstić information content (AvgIpc) is 2.91. The number of ketones is 1. The van der Waals surface area contributed by atoms with E-state index in [4.69, 9.17) is 4.74 Å². The summed E-state index contributed by atoms with van der Waals surface area (Å²) in [6.07, 6.45) is 7.19. The molecule has 1 aliphatic carbocycles. The smallest absolute Gasteiger partial charge is 0.173 e. The number of Topliss-reactive ketones (excluding diaryl/α,β-unsaturated/α-hetero) is 1. The molecule has 2 aromatic rings. The molecule has 1 saturated carbocycles. The molecule has 1 aliphatic rings. The number of benzene rings is 2. The average molecular weight is 304 g/mol. The monoisotopic (exact) mass is 304 g/mol. The van der Waals surface area contributed by atoms with Crippen LogP contribution in [0.1, 0.15) is 24.0 Å². The van der Waals surface area contributed by atoms with Crippen LogP contribution in [0, 0.1) is 0 Å². The number of ether oxygens (including phenoxy) is 1. The van der Waals surface area contributed by atoms with Gasteiger partial charge in [-0.3, -0.25) is 4.79 Å². The van der Waals surface area contributed by atoms with Crippen molar-refractivity contribution in [2.24, 2.45) is 0 Å². The van der Waals surface area contributed by atoms with E-state index in [1.54, 1.807) is 7.11 Å². The van der Waals surface area contributed by atoms with E-state index < -0.39 is 5.60 Å². The van der Waals surface area contributed by atoms with Gasteiger partial charge in [0.15, 0.2) is 11.4 Å². The van der Waals surface area contributed by atoms with Crippen LogP contribution >= 0.6 is 0 Å². The van der Waals surface area contributed by atoms with Crippen molar-refractivity contribution >= 4 is 17.9 Å². The normalized spacial score (nSPS) is 23.0. The van der Waals surface area contributed by atoms with Crippen LogP contribution in [0.3, 0.4) is 0 Å². The molecule has 0 saturated heterocycles. The third kappa shape index (κ3) is 3.17. The van der Waals surface area contributed by atoms with Crippen molar-refractivity contribution in [1.29, 1.82) is 0 Å². The van der Waals surface area contributed by atoms with Crippen LogP contribution in [0.15, 0.2) is 72.3 Å². The van der Waals surface area contributed by atoms with Crippen molar-refractivity contribution in [3.8, 4) is 0 Å². The summed E-state index contributed by atoms with van der Waals surface area (Å²) >= 11 is 0. The maximum atomic E-state index is 12.5. The Morgan fingerprint density at radius 3 is 2.13 bits per heavy atom. The van der Waals surface area contributed by atoms with E-state index in [0.717, 1.165) is 23.1 Å². The van der Waals surface area contributed by atoms with Crippen molar-refractivity contribution in [2.45, 2.75) is 18.4 Å². The molecule has 2 nitrogen and oxygen atoms in total. The van der Waals surface area contributed by atoms with E-state index >= 15 is 0 Å². The molecule has 0 aliphatic heterocycles. The molecule has 0 spiro atoms. The zero-order valence-electron chi connectivity index (χ0n) is 13.2. The Bertz CT molecular complexity index is 729. The van der Waals surface area contributed by atoms with E-state index in [1.165, 1.54) is 0 Å². The highest BCUT2D eigenvalue weighted by atomic mass is 16.5. The van der Waals surface area contributed by atoms with E-state index in [1.807, 2.05) is 72.8 Å². The zero-order valence-corrected chi connectivity index (χ0v) is 13.2. The molecule has 0 amide bonds. The number of carbonyl (C=O) groups is 1.